The number of benzene rings is 1. The van der Waals surface area contributed by atoms with Gasteiger partial charge in [0.05, 0.1) is 5.38 Å². The molecule has 1 saturated carbocycles. The zero-order valence-corrected chi connectivity index (χ0v) is 14.7. The summed E-state index contributed by atoms with van der Waals surface area (Å²) in [6.45, 7) is 10.7. The van der Waals surface area contributed by atoms with Gasteiger partial charge in [-0.25, -0.2) is 4.39 Å². The Kier molecular flexibility index (Phi) is 5.03. The lowest BCUT2D eigenvalue weighted by atomic mass is 9.69. The normalized spacial score (nSPS) is 24.9. The fourth-order valence-corrected chi connectivity index (χ4v) is 4.07. The lowest BCUT2D eigenvalue weighted by Gasteiger charge is -2.38. The summed E-state index contributed by atoms with van der Waals surface area (Å²) in [5, 5.41) is 0.0175. The molecular weight excluding hydrogens is 283 g/mol. The van der Waals surface area contributed by atoms with E-state index in [1.54, 1.807) is 0 Å². The number of hydrogen-bond donors (Lipinski definition) is 0. The molecule has 1 atom stereocenters. The van der Waals surface area contributed by atoms with E-state index in [0.29, 0.717) is 22.5 Å². The molecule has 2 rings (SSSR count). The van der Waals surface area contributed by atoms with E-state index in [0.717, 1.165) is 11.5 Å². The Hall–Kier alpha value is -0.560. The minimum Gasteiger partial charge on any atom is -0.206 e. The highest BCUT2D eigenvalue weighted by atomic mass is 35.5. The second-order valence-corrected chi connectivity index (χ2v) is 8.32. The molecule has 1 aromatic rings. The molecule has 0 heterocycles. The van der Waals surface area contributed by atoms with E-state index in [1.807, 2.05) is 26.0 Å². The van der Waals surface area contributed by atoms with Gasteiger partial charge in [-0.2, -0.15) is 0 Å². The van der Waals surface area contributed by atoms with Crippen molar-refractivity contribution in [2.45, 2.75) is 65.7 Å². The predicted octanol–water partition coefficient (Wildman–Crippen LogP) is 6.57. The number of aryl methyl sites for hydroxylation is 2. The van der Waals surface area contributed by atoms with Crippen LogP contribution in [-0.2, 0) is 0 Å². The number of rotatable bonds is 2. The zero-order valence-electron chi connectivity index (χ0n) is 14.0. The van der Waals surface area contributed by atoms with Crippen LogP contribution < -0.4 is 0 Å². The van der Waals surface area contributed by atoms with Crippen molar-refractivity contribution in [2.75, 3.05) is 0 Å². The summed E-state index contributed by atoms with van der Waals surface area (Å²) in [5.74, 6) is 1.22. The molecule has 0 amide bonds. The van der Waals surface area contributed by atoms with E-state index in [2.05, 4.69) is 20.8 Å². The van der Waals surface area contributed by atoms with Gasteiger partial charge < -0.3 is 0 Å². The Morgan fingerprint density at radius 1 is 1.05 bits per heavy atom. The molecule has 1 unspecified atom stereocenters. The van der Waals surface area contributed by atoms with Crippen LogP contribution in [0.2, 0.25) is 0 Å². The molecule has 0 spiro atoms. The number of hydrogen-bond acceptors (Lipinski definition) is 0. The summed E-state index contributed by atoms with van der Waals surface area (Å²) in [6.07, 6.45) is 4.89. The van der Waals surface area contributed by atoms with Crippen molar-refractivity contribution in [1.82, 2.24) is 0 Å². The highest BCUT2D eigenvalue weighted by Crippen LogP contribution is 2.45. The summed E-state index contributed by atoms with van der Waals surface area (Å²) < 4.78 is 13.8. The van der Waals surface area contributed by atoms with Gasteiger partial charge in [-0.3, -0.25) is 0 Å². The third kappa shape index (κ3) is 3.80. The molecule has 1 aliphatic carbocycles. The largest absolute Gasteiger partial charge is 0.206 e. The fourth-order valence-electron chi connectivity index (χ4n) is 3.69. The van der Waals surface area contributed by atoms with Crippen LogP contribution in [0.3, 0.4) is 0 Å². The van der Waals surface area contributed by atoms with Crippen molar-refractivity contribution in [3.8, 4) is 0 Å². The quantitative estimate of drug-likeness (QED) is 0.541. The van der Waals surface area contributed by atoms with Gasteiger partial charge in [0, 0.05) is 0 Å². The van der Waals surface area contributed by atoms with Gasteiger partial charge in [0.25, 0.3) is 0 Å². The van der Waals surface area contributed by atoms with Crippen LogP contribution in [-0.4, -0.2) is 0 Å². The van der Waals surface area contributed by atoms with Crippen LogP contribution >= 0.6 is 11.6 Å². The maximum absolute atomic E-state index is 13.8. The molecule has 1 fully saturated rings. The van der Waals surface area contributed by atoms with Crippen molar-refractivity contribution in [3.63, 3.8) is 0 Å². The molecule has 21 heavy (non-hydrogen) atoms. The second-order valence-electron chi connectivity index (χ2n) is 7.85. The third-order valence-electron chi connectivity index (χ3n) is 5.19. The Morgan fingerprint density at radius 3 is 1.95 bits per heavy atom. The van der Waals surface area contributed by atoms with Crippen LogP contribution in [0.5, 0.6) is 0 Å². The maximum atomic E-state index is 13.8. The van der Waals surface area contributed by atoms with Crippen LogP contribution in [0.15, 0.2) is 12.1 Å². The summed E-state index contributed by atoms with van der Waals surface area (Å²) in [7, 11) is 0. The molecule has 0 N–H and O–H groups in total. The standard InChI is InChI=1S/C19H28ClF/c1-12-10-15(11-13(2)18(12)21)17(20)14-6-8-16(9-7-14)19(3,4)5/h10-11,14,16-17H,6-9H2,1-5H3. The van der Waals surface area contributed by atoms with E-state index in [1.165, 1.54) is 25.7 Å². The summed E-state index contributed by atoms with van der Waals surface area (Å²) in [6, 6.07) is 3.85. The van der Waals surface area contributed by atoms with Gasteiger partial charge in [-0.1, -0.05) is 32.9 Å². The molecule has 2 heteroatoms. The van der Waals surface area contributed by atoms with Crippen LogP contribution in [0.4, 0.5) is 4.39 Å². The van der Waals surface area contributed by atoms with Gasteiger partial charge in [-0.15, -0.1) is 11.6 Å². The summed E-state index contributed by atoms with van der Waals surface area (Å²) >= 11 is 6.72. The van der Waals surface area contributed by atoms with Gasteiger partial charge in [-0.05, 0) is 73.5 Å². The molecular formula is C19H28ClF. The molecule has 0 aliphatic heterocycles. The van der Waals surface area contributed by atoms with Crippen LogP contribution in [0.25, 0.3) is 0 Å². The van der Waals surface area contributed by atoms with Crippen LogP contribution in [0.1, 0.15) is 68.5 Å². The fraction of sp³-hybridized carbons (Fsp3) is 0.684. The van der Waals surface area contributed by atoms with Crippen molar-refractivity contribution in [2.24, 2.45) is 17.3 Å². The number of alkyl halides is 1. The Balaban J connectivity index is 2.07. The summed E-state index contributed by atoms with van der Waals surface area (Å²) in [5.41, 5.74) is 2.90. The lowest BCUT2D eigenvalue weighted by Crippen LogP contribution is -2.27. The molecule has 0 saturated heterocycles. The third-order valence-corrected chi connectivity index (χ3v) is 5.80. The van der Waals surface area contributed by atoms with E-state index in [9.17, 15) is 4.39 Å². The van der Waals surface area contributed by atoms with Gasteiger partial charge in [0.15, 0.2) is 0 Å². The van der Waals surface area contributed by atoms with E-state index < -0.39 is 0 Å². The molecule has 118 valence electrons. The zero-order chi connectivity index (χ0) is 15.8. The molecule has 1 aromatic carbocycles. The Labute approximate surface area is 134 Å². The first kappa shape index (κ1) is 16.8. The first-order valence-electron chi connectivity index (χ1n) is 8.11. The first-order chi connectivity index (χ1) is 9.70. The minimum atomic E-state index is -0.0981. The maximum Gasteiger partial charge on any atom is 0.129 e. The predicted molar refractivity (Wildman–Crippen MR) is 89.4 cm³/mol. The molecule has 0 radical (unpaired) electrons. The number of halogens is 2. The molecule has 1 aliphatic rings. The Bertz CT molecular complexity index is 470. The van der Waals surface area contributed by atoms with E-state index in [4.69, 9.17) is 11.6 Å². The lowest BCUT2D eigenvalue weighted by molar-refractivity contribution is 0.148. The Morgan fingerprint density at radius 2 is 1.52 bits per heavy atom. The van der Waals surface area contributed by atoms with Crippen molar-refractivity contribution >= 4 is 11.6 Å². The topological polar surface area (TPSA) is 0 Å². The van der Waals surface area contributed by atoms with E-state index >= 15 is 0 Å². The molecule has 0 bridgehead atoms. The second kappa shape index (κ2) is 6.28. The van der Waals surface area contributed by atoms with Crippen molar-refractivity contribution < 1.29 is 4.39 Å². The van der Waals surface area contributed by atoms with Crippen LogP contribution in [0, 0.1) is 36.9 Å². The van der Waals surface area contributed by atoms with Gasteiger partial charge in [0.2, 0.25) is 0 Å². The smallest absolute Gasteiger partial charge is 0.129 e. The first-order valence-corrected chi connectivity index (χ1v) is 8.54. The van der Waals surface area contributed by atoms with Gasteiger partial charge >= 0.3 is 0 Å². The molecule has 0 nitrogen and oxygen atoms in total. The SMILES string of the molecule is Cc1cc(C(Cl)C2CCC(C(C)(C)C)CC2)cc(C)c1F. The van der Waals surface area contributed by atoms with E-state index in [-0.39, 0.29) is 11.2 Å². The minimum absolute atomic E-state index is 0.0175. The average molecular weight is 311 g/mol. The molecule has 0 aromatic heterocycles. The van der Waals surface area contributed by atoms with Crippen molar-refractivity contribution in [1.29, 1.82) is 0 Å². The highest BCUT2D eigenvalue weighted by Gasteiger charge is 2.32. The monoisotopic (exact) mass is 310 g/mol. The average Bonchev–Trinajstić information content (AvgIpc) is 2.42. The highest BCUT2D eigenvalue weighted by molar-refractivity contribution is 6.21. The van der Waals surface area contributed by atoms with Crippen molar-refractivity contribution in [3.05, 3.63) is 34.6 Å². The van der Waals surface area contributed by atoms with Gasteiger partial charge in [0.1, 0.15) is 5.82 Å². The summed E-state index contributed by atoms with van der Waals surface area (Å²) in [4.78, 5) is 0.